The van der Waals surface area contributed by atoms with Gasteiger partial charge in [0, 0.05) is 12.1 Å². The molecule has 0 bridgehead atoms. The molecule has 0 spiro atoms. The van der Waals surface area contributed by atoms with E-state index in [-0.39, 0.29) is 12.0 Å². The molecule has 9 heteroatoms. The second-order valence-corrected chi connectivity index (χ2v) is 7.29. The first-order valence-corrected chi connectivity index (χ1v) is 9.58. The van der Waals surface area contributed by atoms with Crippen LogP contribution >= 0.6 is 0 Å². The van der Waals surface area contributed by atoms with Gasteiger partial charge in [-0.2, -0.15) is 0 Å². The molecule has 29 heavy (non-hydrogen) atoms. The van der Waals surface area contributed by atoms with Crippen molar-refractivity contribution in [2.45, 2.75) is 38.6 Å². The highest BCUT2D eigenvalue weighted by Gasteiger charge is 2.49. The topological polar surface area (TPSA) is 105 Å². The lowest BCUT2D eigenvalue weighted by molar-refractivity contribution is -0.145. The molecule has 1 aromatic rings. The molecule has 156 valence electrons. The number of anilines is 1. The van der Waals surface area contributed by atoms with Crippen LogP contribution in [0.3, 0.4) is 0 Å². The maximum Gasteiger partial charge on any atom is 0.334 e. The molecule has 1 heterocycles. The van der Waals surface area contributed by atoms with Crippen molar-refractivity contribution in [2.24, 2.45) is 5.92 Å². The highest BCUT2D eigenvalue weighted by molar-refractivity contribution is 6.45. The van der Waals surface area contributed by atoms with Crippen LogP contribution in [0.1, 0.15) is 32.6 Å². The summed E-state index contributed by atoms with van der Waals surface area (Å²) in [6, 6.07) is 3.79. The van der Waals surface area contributed by atoms with Crippen LogP contribution in [0.2, 0.25) is 0 Å². The number of imide groups is 2. The molecule has 2 fully saturated rings. The summed E-state index contributed by atoms with van der Waals surface area (Å²) in [6.07, 6.45) is 3.51. The summed E-state index contributed by atoms with van der Waals surface area (Å²) in [5.41, 5.74) is 0.362. The van der Waals surface area contributed by atoms with Crippen molar-refractivity contribution in [3.63, 3.8) is 0 Å². The van der Waals surface area contributed by atoms with Crippen molar-refractivity contribution in [3.05, 3.63) is 18.2 Å². The van der Waals surface area contributed by atoms with Crippen LogP contribution in [-0.2, 0) is 14.4 Å². The molecule has 1 N–H and O–H groups in total. The highest BCUT2D eigenvalue weighted by atomic mass is 16.5. The zero-order valence-electron chi connectivity index (χ0n) is 16.8. The molecule has 1 saturated carbocycles. The molecule has 2 aliphatic rings. The summed E-state index contributed by atoms with van der Waals surface area (Å²) in [5, 5.41) is 2.60. The van der Waals surface area contributed by atoms with Crippen molar-refractivity contribution in [3.8, 4) is 11.5 Å². The fraction of sp³-hybridized carbons (Fsp3) is 0.500. The van der Waals surface area contributed by atoms with Gasteiger partial charge in [-0.25, -0.2) is 9.69 Å². The van der Waals surface area contributed by atoms with E-state index in [1.807, 2.05) is 6.92 Å². The SMILES string of the molecule is COc1ccc(NC(=O)CN2C(=O)C(=O)N([C@H]3CCCC[C@H]3C)C2=O)c(OC)c1. The number of carbonyl (C=O) groups is 4. The molecule has 2 atom stereocenters. The van der Waals surface area contributed by atoms with Gasteiger partial charge in [-0.1, -0.05) is 19.8 Å². The molecule has 0 aromatic heterocycles. The quantitative estimate of drug-likeness (QED) is 0.575. The Labute approximate surface area is 168 Å². The Morgan fingerprint density at radius 1 is 1.10 bits per heavy atom. The first kappa shape index (κ1) is 20.6. The molecule has 9 nitrogen and oxygen atoms in total. The average Bonchev–Trinajstić information content (AvgIpc) is 2.92. The lowest BCUT2D eigenvalue weighted by atomic mass is 9.85. The Hall–Kier alpha value is -3.10. The number of benzene rings is 1. The van der Waals surface area contributed by atoms with Crippen molar-refractivity contribution < 1.29 is 28.7 Å². The van der Waals surface area contributed by atoms with Crippen molar-refractivity contribution >= 4 is 29.4 Å². The van der Waals surface area contributed by atoms with Gasteiger partial charge in [-0.05, 0) is 30.9 Å². The molecule has 1 aliphatic carbocycles. The largest absolute Gasteiger partial charge is 0.497 e. The lowest BCUT2D eigenvalue weighted by Gasteiger charge is -2.34. The number of methoxy groups -OCH3 is 2. The van der Waals surface area contributed by atoms with Gasteiger partial charge in [-0.3, -0.25) is 19.3 Å². The molecule has 3 rings (SSSR count). The molecular weight excluding hydrogens is 378 g/mol. The number of rotatable bonds is 6. The molecule has 0 radical (unpaired) electrons. The lowest BCUT2D eigenvalue weighted by Crippen LogP contribution is -2.46. The number of nitrogens with one attached hydrogen (secondary N) is 1. The van der Waals surface area contributed by atoms with E-state index in [0.717, 1.165) is 24.2 Å². The number of nitrogens with zero attached hydrogens (tertiary/aromatic N) is 2. The normalized spacial score (nSPS) is 22.1. The Balaban J connectivity index is 1.71. The van der Waals surface area contributed by atoms with Gasteiger partial charge in [-0.15, -0.1) is 0 Å². The van der Waals surface area contributed by atoms with E-state index >= 15 is 0 Å². The van der Waals surface area contributed by atoms with Gasteiger partial charge in [0.25, 0.3) is 0 Å². The first-order chi connectivity index (χ1) is 13.9. The zero-order valence-corrected chi connectivity index (χ0v) is 16.8. The van der Waals surface area contributed by atoms with E-state index < -0.39 is 30.3 Å². The summed E-state index contributed by atoms with van der Waals surface area (Å²) < 4.78 is 10.3. The molecule has 1 aromatic carbocycles. The summed E-state index contributed by atoms with van der Waals surface area (Å²) in [4.78, 5) is 51.7. The average molecular weight is 403 g/mol. The molecule has 1 aliphatic heterocycles. The highest BCUT2D eigenvalue weighted by Crippen LogP contribution is 2.32. The van der Waals surface area contributed by atoms with Crippen LogP contribution in [0, 0.1) is 5.92 Å². The van der Waals surface area contributed by atoms with E-state index in [1.165, 1.54) is 14.2 Å². The van der Waals surface area contributed by atoms with Crippen LogP contribution in [0.25, 0.3) is 0 Å². The van der Waals surface area contributed by atoms with Crippen molar-refractivity contribution in [1.29, 1.82) is 0 Å². The third-order valence-corrected chi connectivity index (χ3v) is 5.47. The third-order valence-electron chi connectivity index (χ3n) is 5.47. The fourth-order valence-corrected chi connectivity index (χ4v) is 3.87. The van der Waals surface area contributed by atoms with Crippen LogP contribution in [0.5, 0.6) is 11.5 Å². The number of carbonyl (C=O) groups excluding carboxylic acids is 4. The summed E-state index contributed by atoms with van der Waals surface area (Å²) in [7, 11) is 2.95. The van der Waals surface area contributed by atoms with Crippen LogP contribution in [-0.4, -0.2) is 60.4 Å². The van der Waals surface area contributed by atoms with Crippen molar-refractivity contribution in [2.75, 3.05) is 26.1 Å². The monoisotopic (exact) mass is 403 g/mol. The molecule has 5 amide bonds. The second-order valence-electron chi connectivity index (χ2n) is 7.29. The predicted octanol–water partition coefficient (Wildman–Crippen LogP) is 2.01. The van der Waals surface area contributed by atoms with Crippen LogP contribution < -0.4 is 14.8 Å². The van der Waals surface area contributed by atoms with E-state index in [9.17, 15) is 19.2 Å². The summed E-state index contributed by atoms with van der Waals surface area (Å²) in [5.74, 6) is -1.39. The summed E-state index contributed by atoms with van der Waals surface area (Å²) in [6.45, 7) is 1.43. The van der Waals surface area contributed by atoms with Gasteiger partial charge < -0.3 is 14.8 Å². The number of urea groups is 1. The van der Waals surface area contributed by atoms with Gasteiger partial charge in [0.15, 0.2) is 0 Å². The minimum absolute atomic E-state index is 0.127. The predicted molar refractivity (Wildman–Crippen MR) is 104 cm³/mol. The van der Waals surface area contributed by atoms with Gasteiger partial charge in [0.05, 0.1) is 19.9 Å². The molecule has 1 saturated heterocycles. The standard InChI is InChI=1S/C20H25N3O6/c1-12-6-4-5-7-15(12)23-19(26)18(25)22(20(23)27)11-17(24)21-14-9-8-13(28-2)10-16(14)29-3/h8-10,12,15H,4-7,11H2,1-3H3,(H,21,24)/t12-,15+/m1/s1. The first-order valence-electron chi connectivity index (χ1n) is 9.58. The van der Waals surface area contributed by atoms with E-state index in [2.05, 4.69) is 5.32 Å². The number of hydrogen-bond donors (Lipinski definition) is 1. The summed E-state index contributed by atoms with van der Waals surface area (Å²) >= 11 is 0. The molecule has 0 unspecified atom stereocenters. The van der Waals surface area contributed by atoms with Crippen LogP contribution in [0.4, 0.5) is 10.5 Å². The second kappa shape index (κ2) is 8.50. The van der Waals surface area contributed by atoms with E-state index in [0.29, 0.717) is 28.5 Å². The Morgan fingerprint density at radius 3 is 2.48 bits per heavy atom. The number of ether oxygens (including phenoxy) is 2. The number of amides is 5. The van der Waals surface area contributed by atoms with E-state index in [4.69, 9.17) is 9.47 Å². The molecular formula is C20H25N3O6. The smallest absolute Gasteiger partial charge is 0.334 e. The van der Waals surface area contributed by atoms with Gasteiger partial charge in [0.1, 0.15) is 18.0 Å². The maximum atomic E-state index is 12.8. The minimum atomic E-state index is -0.968. The van der Waals surface area contributed by atoms with Gasteiger partial charge >= 0.3 is 17.8 Å². The minimum Gasteiger partial charge on any atom is -0.497 e. The Kier molecular flexibility index (Phi) is 6.05. The Morgan fingerprint density at radius 2 is 1.83 bits per heavy atom. The number of hydrogen-bond acceptors (Lipinski definition) is 6. The van der Waals surface area contributed by atoms with Gasteiger partial charge in [0.2, 0.25) is 5.91 Å². The van der Waals surface area contributed by atoms with Crippen LogP contribution in [0.15, 0.2) is 18.2 Å². The van der Waals surface area contributed by atoms with Crippen molar-refractivity contribution in [1.82, 2.24) is 9.80 Å². The third kappa shape index (κ3) is 4.03. The zero-order chi connectivity index (χ0) is 21.1. The van der Waals surface area contributed by atoms with E-state index in [1.54, 1.807) is 18.2 Å². The fourth-order valence-electron chi connectivity index (χ4n) is 3.87. The Bertz CT molecular complexity index is 840. The maximum absolute atomic E-state index is 12.8.